The molecule has 0 spiro atoms. The van der Waals surface area contributed by atoms with Gasteiger partial charge in [0, 0.05) is 13.1 Å². The minimum Gasteiger partial charge on any atom is -0.338 e. The Hall–Kier alpha value is -0.940. The Balaban J connectivity index is 2.09. The minimum absolute atomic E-state index is 0.142. The summed E-state index contributed by atoms with van der Waals surface area (Å²) in [5.74, 6) is 0.612. The predicted octanol–water partition coefficient (Wildman–Crippen LogP) is 1.82. The summed E-state index contributed by atoms with van der Waals surface area (Å²) in [7, 11) is 0. The third-order valence-corrected chi connectivity index (χ3v) is 4.61. The summed E-state index contributed by atoms with van der Waals surface area (Å²) in [5.41, 5.74) is 6.54. The molecule has 1 amide bonds. The molecule has 0 aliphatic carbocycles. The lowest BCUT2D eigenvalue weighted by Gasteiger charge is -2.15. The summed E-state index contributed by atoms with van der Waals surface area (Å²) in [4.78, 5) is 19.6. The van der Waals surface area contributed by atoms with Gasteiger partial charge in [-0.25, -0.2) is 4.98 Å². The van der Waals surface area contributed by atoms with Crippen LogP contribution >= 0.6 is 11.3 Å². The molecule has 5 heteroatoms. The van der Waals surface area contributed by atoms with Crippen LogP contribution in [-0.2, 0) is 6.42 Å². The smallest absolute Gasteiger partial charge is 0.265 e. The van der Waals surface area contributed by atoms with Gasteiger partial charge in [0.15, 0.2) is 0 Å². The number of nitrogens with two attached hydrogens (primary N) is 1. The van der Waals surface area contributed by atoms with E-state index >= 15 is 0 Å². The first-order chi connectivity index (χ1) is 8.65. The van der Waals surface area contributed by atoms with Crippen molar-refractivity contribution in [2.75, 3.05) is 19.6 Å². The molecule has 1 aliphatic rings. The van der Waals surface area contributed by atoms with Crippen LogP contribution in [0.4, 0.5) is 0 Å². The molecule has 2 heterocycles. The average Bonchev–Trinajstić information content (AvgIpc) is 2.95. The maximum atomic E-state index is 12.4. The highest BCUT2D eigenvalue weighted by atomic mass is 32.1. The van der Waals surface area contributed by atoms with E-state index in [4.69, 9.17) is 5.73 Å². The number of thiazole rings is 1. The van der Waals surface area contributed by atoms with Crippen molar-refractivity contribution >= 4 is 17.2 Å². The third-order valence-electron chi connectivity index (χ3n) is 3.41. The van der Waals surface area contributed by atoms with E-state index in [9.17, 15) is 4.79 Å². The fourth-order valence-corrected chi connectivity index (χ4v) is 3.46. The number of hydrogen-bond donors (Lipinski definition) is 1. The molecule has 18 heavy (non-hydrogen) atoms. The summed E-state index contributed by atoms with van der Waals surface area (Å²) < 4.78 is 0. The van der Waals surface area contributed by atoms with Gasteiger partial charge in [-0.3, -0.25) is 4.79 Å². The lowest BCUT2D eigenvalue weighted by Crippen LogP contribution is -2.29. The van der Waals surface area contributed by atoms with Crippen LogP contribution in [0.25, 0.3) is 0 Å². The highest BCUT2D eigenvalue weighted by Crippen LogP contribution is 2.24. The van der Waals surface area contributed by atoms with E-state index in [1.165, 1.54) is 0 Å². The third kappa shape index (κ3) is 2.72. The largest absolute Gasteiger partial charge is 0.338 e. The molecule has 0 radical (unpaired) electrons. The van der Waals surface area contributed by atoms with Gasteiger partial charge >= 0.3 is 0 Å². The highest BCUT2D eigenvalue weighted by Gasteiger charge is 2.28. The number of nitrogens with zero attached hydrogens (tertiary/aromatic N) is 2. The van der Waals surface area contributed by atoms with E-state index in [-0.39, 0.29) is 5.91 Å². The van der Waals surface area contributed by atoms with Crippen molar-refractivity contribution in [3.63, 3.8) is 0 Å². The molecule has 1 aromatic rings. The standard InChI is InChI=1S/C13H21N3OS/c1-3-4-11-15-9(2)12(18-11)13(17)16-6-5-10(7-14)8-16/h10H,3-8,14H2,1-2H3/t10-/m1/s1. The molecule has 0 aromatic carbocycles. The zero-order valence-electron chi connectivity index (χ0n) is 11.1. The Bertz CT molecular complexity index is 430. The van der Waals surface area contributed by atoms with Crippen LogP contribution in [-0.4, -0.2) is 35.4 Å². The summed E-state index contributed by atoms with van der Waals surface area (Å²) in [5, 5.41) is 1.08. The first kappa shape index (κ1) is 13.5. The van der Waals surface area contributed by atoms with Crippen molar-refractivity contribution in [1.82, 2.24) is 9.88 Å². The Labute approximate surface area is 112 Å². The van der Waals surface area contributed by atoms with Crippen LogP contribution in [0.1, 0.15) is 40.1 Å². The SMILES string of the molecule is CCCc1nc(C)c(C(=O)N2CC[C@H](CN)C2)s1. The zero-order chi connectivity index (χ0) is 13.1. The van der Waals surface area contributed by atoms with Crippen molar-refractivity contribution in [2.24, 2.45) is 11.7 Å². The normalized spacial score (nSPS) is 19.5. The summed E-state index contributed by atoms with van der Waals surface area (Å²) in [6.07, 6.45) is 3.06. The lowest BCUT2D eigenvalue weighted by atomic mass is 10.1. The predicted molar refractivity (Wildman–Crippen MR) is 73.9 cm³/mol. The molecule has 2 N–H and O–H groups in total. The highest BCUT2D eigenvalue weighted by molar-refractivity contribution is 7.13. The van der Waals surface area contributed by atoms with Gasteiger partial charge in [0.25, 0.3) is 5.91 Å². The maximum absolute atomic E-state index is 12.4. The van der Waals surface area contributed by atoms with Gasteiger partial charge in [-0.1, -0.05) is 6.92 Å². The van der Waals surface area contributed by atoms with E-state index in [1.807, 2.05) is 11.8 Å². The molecule has 1 fully saturated rings. The average molecular weight is 267 g/mol. The second kappa shape index (κ2) is 5.80. The molecular formula is C13H21N3OS. The summed E-state index contributed by atoms with van der Waals surface area (Å²) >= 11 is 1.55. The summed E-state index contributed by atoms with van der Waals surface area (Å²) in [6.45, 7) is 6.37. The number of likely N-dealkylation sites (tertiary alicyclic amines) is 1. The van der Waals surface area contributed by atoms with E-state index in [2.05, 4.69) is 11.9 Å². The van der Waals surface area contributed by atoms with Crippen molar-refractivity contribution in [1.29, 1.82) is 0 Å². The van der Waals surface area contributed by atoms with Gasteiger partial charge in [0.05, 0.1) is 10.7 Å². The number of hydrogen-bond acceptors (Lipinski definition) is 4. The fraction of sp³-hybridized carbons (Fsp3) is 0.692. The van der Waals surface area contributed by atoms with Gasteiger partial charge in [0.1, 0.15) is 4.88 Å². The molecule has 0 bridgehead atoms. The number of carbonyl (C=O) groups is 1. The van der Waals surface area contributed by atoms with Gasteiger partial charge in [0.2, 0.25) is 0 Å². The first-order valence-electron chi connectivity index (χ1n) is 6.61. The minimum atomic E-state index is 0.142. The van der Waals surface area contributed by atoms with Crippen molar-refractivity contribution in [3.05, 3.63) is 15.6 Å². The molecule has 0 unspecified atom stereocenters. The van der Waals surface area contributed by atoms with E-state index < -0.39 is 0 Å². The summed E-state index contributed by atoms with van der Waals surface area (Å²) in [6, 6.07) is 0. The topological polar surface area (TPSA) is 59.2 Å². The van der Waals surface area contributed by atoms with Crippen LogP contribution in [0.15, 0.2) is 0 Å². The zero-order valence-corrected chi connectivity index (χ0v) is 11.9. The fourth-order valence-electron chi connectivity index (χ4n) is 2.32. The Morgan fingerprint density at radius 1 is 1.61 bits per heavy atom. The van der Waals surface area contributed by atoms with Crippen molar-refractivity contribution in [2.45, 2.75) is 33.1 Å². The monoisotopic (exact) mass is 267 g/mol. The Morgan fingerprint density at radius 2 is 2.39 bits per heavy atom. The van der Waals surface area contributed by atoms with Gasteiger partial charge in [-0.2, -0.15) is 0 Å². The maximum Gasteiger partial charge on any atom is 0.265 e. The van der Waals surface area contributed by atoms with Gasteiger partial charge in [-0.15, -0.1) is 11.3 Å². The van der Waals surface area contributed by atoms with E-state index in [1.54, 1.807) is 11.3 Å². The van der Waals surface area contributed by atoms with Gasteiger partial charge in [-0.05, 0) is 38.6 Å². The van der Waals surface area contributed by atoms with Crippen LogP contribution in [0, 0.1) is 12.8 Å². The number of rotatable bonds is 4. The second-order valence-electron chi connectivity index (χ2n) is 4.91. The van der Waals surface area contributed by atoms with Crippen LogP contribution < -0.4 is 5.73 Å². The van der Waals surface area contributed by atoms with Crippen LogP contribution in [0.2, 0.25) is 0 Å². The molecule has 4 nitrogen and oxygen atoms in total. The van der Waals surface area contributed by atoms with Crippen molar-refractivity contribution in [3.8, 4) is 0 Å². The first-order valence-corrected chi connectivity index (χ1v) is 7.43. The van der Waals surface area contributed by atoms with Crippen molar-refractivity contribution < 1.29 is 4.79 Å². The van der Waals surface area contributed by atoms with Crippen LogP contribution in [0.3, 0.4) is 0 Å². The lowest BCUT2D eigenvalue weighted by molar-refractivity contribution is 0.0791. The van der Waals surface area contributed by atoms with E-state index in [0.29, 0.717) is 12.5 Å². The molecule has 1 aromatic heterocycles. The number of aryl methyl sites for hydroxylation is 2. The van der Waals surface area contributed by atoms with Gasteiger partial charge < -0.3 is 10.6 Å². The van der Waals surface area contributed by atoms with Crippen LogP contribution in [0.5, 0.6) is 0 Å². The Kier molecular flexibility index (Phi) is 4.35. The quantitative estimate of drug-likeness (QED) is 0.905. The number of carbonyl (C=O) groups excluding carboxylic acids is 1. The number of aromatic nitrogens is 1. The molecule has 1 aliphatic heterocycles. The molecular weight excluding hydrogens is 246 g/mol. The Morgan fingerprint density at radius 3 is 3.00 bits per heavy atom. The molecule has 1 atom stereocenters. The number of amides is 1. The molecule has 0 saturated carbocycles. The van der Waals surface area contributed by atoms with E-state index in [0.717, 1.165) is 47.9 Å². The second-order valence-corrected chi connectivity index (χ2v) is 6.00. The molecule has 2 rings (SSSR count). The molecule has 1 saturated heterocycles. The molecule has 100 valence electrons.